The third-order valence-electron chi connectivity index (χ3n) is 27.1. The maximum Gasteiger partial charge on any atom is 0.345 e. The molecule has 48 nitrogen and oxygen atoms in total. The lowest BCUT2D eigenvalue weighted by Crippen LogP contribution is -2.51. The summed E-state index contributed by atoms with van der Waals surface area (Å²) < 4.78 is 0. The highest BCUT2D eigenvalue weighted by molar-refractivity contribution is 5.92. The molecule has 12 bridgehead atoms. The summed E-state index contributed by atoms with van der Waals surface area (Å²) in [6.45, 7) is 16.0. The van der Waals surface area contributed by atoms with Crippen LogP contribution in [0.2, 0.25) is 0 Å². The molecule has 15 atom stereocenters. The van der Waals surface area contributed by atoms with E-state index in [4.69, 9.17) is 58.1 Å². The van der Waals surface area contributed by atoms with Crippen molar-refractivity contribution in [3.63, 3.8) is 0 Å². The van der Waals surface area contributed by atoms with E-state index in [0.717, 1.165) is 168 Å². The van der Waals surface area contributed by atoms with Crippen LogP contribution < -0.4 is 54.1 Å². The maximum absolute atomic E-state index is 12.3. The Balaban J connectivity index is 0.000000130. The molecule has 18 aliphatic heterocycles. The van der Waals surface area contributed by atoms with Crippen molar-refractivity contribution < 1.29 is 116 Å². The van der Waals surface area contributed by atoms with E-state index in [-0.39, 0.29) is 126 Å². The zero-order valence-corrected chi connectivity index (χ0v) is 74.4. The van der Waals surface area contributed by atoms with Crippen LogP contribution in [0.4, 0.5) is 28.8 Å². The third-order valence-corrected chi connectivity index (χ3v) is 27.1. The second-order valence-corrected chi connectivity index (χ2v) is 35.5. The van der Waals surface area contributed by atoms with Crippen LogP contribution in [0, 0.1) is 17.8 Å². The van der Waals surface area contributed by atoms with E-state index < -0.39 is 36.3 Å². The number of nitrogens with zero attached hydrogens (tertiary/aromatic N) is 14. The van der Waals surface area contributed by atoms with E-state index in [9.17, 15) is 57.5 Å². The largest absolute Gasteiger partial charge is 0.345 e. The van der Waals surface area contributed by atoms with Gasteiger partial charge in [0.05, 0.1) is 117 Å². The van der Waals surface area contributed by atoms with Crippen LogP contribution in [0.5, 0.6) is 0 Å². The van der Waals surface area contributed by atoms with Gasteiger partial charge in [-0.15, -0.1) is 0 Å². The number of hydroxylamine groups is 18. The first kappa shape index (κ1) is 96.3. The number of piperidine rings is 9. The highest BCUT2D eigenvalue weighted by Gasteiger charge is 2.54. The molecule has 0 radical (unpaired) electrons. The Morgan fingerprint density at radius 1 is 0.283 bits per heavy atom. The minimum Gasteiger partial charge on any atom is -0.317 e. The SMILES string of the molecule is CON1C(=O)N2C[C@H]1CC[C@H]2C(=O)NOC1CCNCC1.CON1C(=O)N2C[C@H]1CC[C@H]2C(=O)NOCC1CCN(C)CC1.CON1C(=O)N2C[C@H]1CC[C@H]2C(=O)NOCC1CN(C)C1.CON1C(=O)N2C[C@H]1CC[C@H]2C(=O)NOC[C@@H]1CCCNC1.CON1C(=O)N2C[C@H]1CC[C@H]2C(=O)NO[C@@H]1CCNC1.CON1C(=O)N2C[C@H]1CC[C@H]2C(=O)NO[C@H]1CCNC1. The van der Waals surface area contributed by atoms with Crippen LogP contribution in [0.15, 0.2) is 0 Å². The molecule has 18 fully saturated rings. The molecule has 0 spiro atoms. The summed E-state index contributed by atoms with van der Waals surface area (Å²) in [5.41, 5.74) is 15.1. The number of hydrogen-bond donors (Lipinski definition) is 10. The predicted octanol–water partition coefficient (Wildman–Crippen LogP) is -2.44. The zero-order chi connectivity index (χ0) is 90.0. The van der Waals surface area contributed by atoms with Crippen LogP contribution in [0.1, 0.15) is 128 Å². The topological polar surface area (TPSA) is 481 Å². The van der Waals surface area contributed by atoms with Gasteiger partial charge in [-0.05, 0) is 200 Å². The summed E-state index contributed by atoms with van der Waals surface area (Å²) in [6, 6.07) is -3.87. The standard InChI is InChI=1S/C15H26N4O4.C14H24N4O4.2C13H22N4O4.2C12H20N4O4/c1-17-7-5-11(6-8-17)10-23-16-14(20)13-4-3-12-9-18(13)15(21)19(12)22-2;1-21-18-11-4-5-12(17(8-11)14(18)20)13(19)16-22-9-10-3-2-6-15-7-10;1-15-5-9(6-15)8-21-14-12(18)11-4-3-10-7-16(11)13(19)17(10)20-2;1-20-17-9-2-3-11(16(8-9)13(17)19)12(18)15-21-10-4-6-14-7-5-10;2*1-19-16-8-2-3-10(15(7-8)12(16)18)11(17)14-20-9-4-5-13-6-9/h11-13H,3-10H2,1-2H3,(H,16,20);10-12,15H,2-9H2,1H3,(H,16,19);9-11H,3-8H2,1-2H3,(H,14,18);9-11,14H,2-8H2,1H3,(H,15,18);2*8-10,13H,2-7H2,1H3,(H,14,17)/t12-,13+;10-,11-,12+;10-,11+;9-,11+;8-,9+,10+;8-,9-,10+/m111111/s1. The Kier molecular flexibility index (Phi) is 34.9. The fourth-order valence-electron chi connectivity index (χ4n) is 19.9. The van der Waals surface area contributed by atoms with Gasteiger partial charge in [-0.2, -0.15) is 30.4 Å². The number of nitrogens with one attached hydrogen (secondary N) is 10. The average molecular weight is 1800 g/mol. The second-order valence-electron chi connectivity index (χ2n) is 35.5. The van der Waals surface area contributed by atoms with Gasteiger partial charge in [0.2, 0.25) is 0 Å². The van der Waals surface area contributed by atoms with E-state index in [1.807, 2.05) is 7.05 Å². The van der Waals surface area contributed by atoms with Gasteiger partial charge in [0.25, 0.3) is 35.4 Å². The summed E-state index contributed by atoms with van der Waals surface area (Å²) in [5.74, 6) is -0.0597. The van der Waals surface area contributed by atoms with Crippen molar-refractivity contribution in [2.24, 2.45) is 17.8 Å². The number of carbonyl (C=O) groups excluding carboxylic acids is 12. The van der Waals surface area contributed by atoms with E-state index in [0.29, 0.717) is 115 Å². The normalized spacial score (nSPS) is 30.9. The minimum atomic E-state index is -0.465. The Bertz CT molecular complexity index is 3640. The summed E-state index contributed by atoms with van der Waals surface area (Å²) in [7, 11) is 13.0. The summed E-state index contributed by atoms with van der Waals surface area (Å²) >= 11 is 0. The van der Waals surface area contributed by atoms with E-state index in [1.165, 1.54) is 73.0 Å². The molecule has 127 heavy (non-hydrogen) atoms. The molecule has 0 unspecified atom stereocenters. The fourth-order valence-corrected chi connectivity index (χ4v) is 19.9. The Morgan fingerprint density at radius 3 is 0.827 bits per heavy atom. The Labute approximate surface area is 739 Å². The predicted molar refractivity (Wildman–Crippen MR) is 442 cm³/mol. The summed E-state index contributed by atoms with van der Waals surface area (Å²) in [6.07, 6.45) is 16.4. The van der Waals surface area contributed by atoms with Gasteiger partial charge < -0.3 is 60.5 Å². The lowest BCUT2D eigenvalue weighted by atomic mass is 9.98. The fraction of sp³-hybridized carbons (Fsp3) is 0.848. The van der Waals surface area contributed by atoms with Crippen LogP contribution in [0.25, 0.3) is 0 Å². The molecule has 18 saturated heterocycles. The lowest BCUT2D eigenvalue weighted by molar-refractivity contribution is -0.145. The highest BCUT2D eigenvalue weighted by atomic mass is 16.7. The molecule has 0 aromatic heterocycles. The van der Waals surface area contributed by atoms with E-state index in [1.54, 1.807) is 29.4 Å². The van der Waals surface area contributed by atoms with Crippen molar-refractivity contribution in [2.45, 2.75) is 219 Å². The van der Waals surface area contributed by atoms with Crippen LogP contribution in [-0.2, 0) is 86.8 Å². The van der Waals surface area contributed by atoms with Crippen LogP contribution in [0.3, 0.4) is 0 Å². The number of hydrogen-bond acceptors (Lipinski definition) is 30. The van der Waals surface area contributed by atoms with Gasteiger partial charge in [-0.1, -0.05) is 0 Å². The molecule has 18 heterocycles. The molecule has 0 aliphatic carbocycles. The molecule has 0 aromatic rings. The number of carbonyl (C=O) groups is 12. The third kappa shape index (κ3) is 23.6. The van der Waals surface area contributed by atoms with Gasteiger partial charge in [-0.3, -0.25) is 86.8 Å². The highest BCUT2D eigenvalue weighted by Crippen LogP contribution is 2.37. The molecule has 48 heteroatoms. The smallest absolute Gasteiger partial charge is 0.317 e. The Morgan fingerprint density at radius 2 is 0.551 bits per heavy atom. The van der Waals surface area contributed by atoms with Gasteiger partial charge in [0.1, 0.15) is 36.3 Å². The summed E-state index contributed by atoms with van der Waals surface area (Å²) in [4.78, 5) is 223. The molecule has 714 valence electrons. The van der Waals surface area contributed by atoms with Crippen LogP contribution >= 0.6 is 0 Å². The van der Waals surface area contributed by atoms with Gasteiger partial charge in [0, 0.05) is 77.9 Å². The number of likely N-dealkylation sites (tertiary alicyclic amines) is 2. The minimum absolute atomic E-state index is 0.0139. The molecule has 0 saturated carbocycles. The van der Waals surface area contributed by atoms with Gasteiger partial charge in [-0.25, -0.2) is 61.6 Å². The van der Waals surface area contributed by atoms with E-state index >= 15 is 0 Å². The maximum atomic E-state index is 12.3. The number of urea groups is 6. The van der Waals surface area contributed by atoms with Crippen molar-refractivity contribution in [3.05, 3.63) is 0 Å². The molecular formula is C79H134N24O24. The monoisotopic (exact) mass is 1800 g/mol. The molecule has 18 amide bonds. The van der Waals surface area contributed by atoms with Crippen molar-refractivity contribution >= 4 is 71.6 Å². The van der Waals surface area contributed by atoms with Gasteiger partial charge >= 0.3 is 36.2 Å². The first-order chi connectivity index (χ1) is 61.5. The molecule has 10 N–H and O–H groups in total. The Hall–Kier alpha value is -8.28. The molecule has 18 aliphatic rings. The first-order valence-corrected chi connectivity index (χ1v) is 45.2. The number of amides is 18. The van der Waals surface area contributed by atoms with Crippen LogP contribution in [-0.4, -0.2) is 426 Å². The molecular weight excluding hydrogens is 1670 g/mol. The van der Waals surface area contributed by atoms with Crippen molar-refractivity contribution in [2.75, 3.05) is 194 Å². The van der Waals surface area contributed by atoms with E-state index in [2.05, 4.69) is 71.0 Å². The summed E-state index contributed by atoms with van der Waals surface area (Å²) in [5, 5.41) is 21.0. The quantitative estimate of drug-likeness (QED) is 0.0382. The first-order valence-electron chi connectivity index (χ1n) is 45.2. The van der Waals surface area contributed by atoms with Crippen molar-refractivity contribution in [1.29, 1.82) is 0 Å². The van der Waals surface area contributed by atoms with Crippen molar-refractivity contribution in [3.8, 4) is 0 Å². The molecule has 18 rings (SSSR count). The van der Waals surface area contributed by atoms with Crippen molar-refractivity contribution in [1.82, 2.24) is 124 Å². The van der Waals surface area contributed by atoms with Gasteiger partial charge in [0.15, 0.2) is 0 Å². The lowest BCUT2D eigenvalue weighted by Gasteiger charge is -2.35. The number of fused-ring (bicyclic) bond motifs is 12. The zero-order valence-electron chi connectivity index (χ0n) is 74.4. The molecule has 0 aromatic carbocycles. The second kappa shape index (κ2) is 46.0. The average Bonchev–Trinajstić information content (AvgIpc) is 1.66. The number of rotatable bonds is 27.